The van der Waals surface area contributed by atoms with Crippen LogP contribution in [0.4, 0.5) is 0 Å². The second-order valence-electron chi connectivity index (χ2n) is 6.52. The van der Waals surface area contributed by atoms with Crippen LogP contribution in [0, 0.1) is 5.41 Å². The molecule has 5 heteroatoms. The van der Waals surface area contributed by atoms with E-state index in [1.54, 1.807) is 0 Å². The lowest BCUT2D eigenvalue weighted by Gasteiger charge is -2.54. The molecule has 0 saturated heterocycles. The van der Waals surface area contributed by atoms with Gasteiger partial charge in [0.25, 0.3) is 0 Å². The van der Waals surface area contributed by atoms with E-state index in [4.69, 9.17) is 4.74 Å². The number of nitrogens with zero attached hydrogens (tertiary/aromatic N) is 1. The largest absolute Gasteiger partial charge is 0.378 e. The fourth-order valence-electron chi connectivity index (χ4n) is 4.03. The quantitative estimate of drug-likeness (QED) is 0.409. The van der Waals surface area contributed by atoms with Crippen molar-refractivity contribution in [3.63, 3.8) is 0 Å². The molecule has 0 heterocycles. The molecule has 0 aromatic heterocycles. The monoisotopic (exact) mass is 327 g/mol. The third kappa shape index (κ3) is 4.10. The molecule has 2 atom stereocenters. The number of aliphatic imine (C=N–C) groups is 1. The number of hydrogen-bond acceptors (Lipinski definition) is 3. The van der Waals surface area contributed by atoms with Gasteiger partial charge in [-0.25, -0.2) is 0 Å². The lowest BCUT2D eigenvalue weighted by molar-refractivity contribution is -0.125. The van der Waals surface area contributed by atoms with Crippen LogP contribution in [0.25, 0.3) is 0 Å². The molecule has 2 N–H and O–H groups in total. The van der Waals surface area contributed by atoms with Crippen molar-refractivity contribution in [2.45, 2.75) is 64.0 Å². The van der Waals surface area contributed by atoms with E-state index < -0.39 is 0 Å². The molecule has 0 aliphatic heterocycles. The standard InChI is InChI=1S/C17H33N3OS/c1-4-21-15-13-14(17(15)9-5-6-10-17)20-16(18-2)19-11-7-8-12-22-3/h14-15H,4-13H2,1-3H3,(H2,18,19,20). The van der Waals surface area contributed by atoms with Crippen LogP contribution >= 0.6 is 11.8 Å². The summed E-state index contributed by atoms with van der Waals surface area (Å²) in [6.07, 6.45) is 11.5. The highest BCUT2D eigenvalue weighted by atomic mass is 32.2. The summed E-state index contributed by atoms with van der Waals surface area (Å²) in [4.78, 5) is 4.40. The van der Waals surface area contributed by atoms with Crippen molar-refractivity contribution in [1.82, 2.24) is 10.6 Å². The summed E-state index contributed by atoms with van der Waals surface area (Å²) in [7, 11) is 1.87. The van der Waals surface area contributed by atoms with Crippen LogP contribution < -0.4 is 10.6 Å². The maximum Gasteiger partial charge on any atom is 0.191 e. The lowest BCUT2D eigenvalue weighted by atomic mass is 9.60. The van der Waals surface area contributed by atoms with Crippen molar-refractivity contribution < 1.29 is 4.74 Å². The molecule has 1 spiro atoms. The Morgan fingerprint density at radius 2 is 2.09 bits per heavy atom. The van der Waals surface area contributed by atoms with Crippen molar-refractivity contribution in [2.75, 3.05) is 32.2 Å². The Kier molecular flexibility index (Phi) is 7.35. The van der Waals surface area contributed by atoms with Gasteiger partial charge in [0, 0.05) is 31.7 Å². The third-order valence-electron chi connectivity index (χ3n) is 5.29. The highest BCUT2D eigenvalue weighted by molar-refractivity contribution is 7.98. The molecule has 128 valence electrons. The molecule has 2 fully saturated rings. The van der Waals surface area contributed by atoms with Gasteiger partial charge in [0.15, 0.2) is 5.96 Å². The van der Waals surface area contributed by atoms with Crippen LogP contribution in [0.15, 0.2) is 4.99 Å². The van der Waals surface area contributed by atoms with Crippen LogP contribution in [0.1, 0.15) is 51.9 Å². The first-order valence-corrected chi connectivity index (χ1v) is 10.2. The van der Waals surface area contributed by atoms with Crippen LogP contribution in [-0.4, -0.2) is 50.3 Å². The summed E-state index contributed by atoms with van der Waals surface area (Å²) in [6, 6.07) is 0.531. The van der Waals surface area contributed by atoms with E-state index in [1.807, 2.05) is 18.8 Å². The minimum absolute atomic E-state index is 0.368. The minimum Gasteiger partial charge on any atom is -0.378 e. The highest BCUT2D eigenvalue weighted by Crippen LogP contribution is 2.54. The maximum absolute atomic E-state index is 5.98. The van der Waals surface area contributed by atoms with Gasteiger partial charge in [-0.2, -0.15) is 11.8 Å². The zero-order chi connectivity index (χ0) is 15.8. The molecule has 4 nitrogen and oxygen atoms in total. The van der Waals surface area contributed by atoms with Crippen molar-refractivity contribution in [2.24, 2.45) is 10.4 Å². The fourth-order valence-corrected chi connectivity index (χ4v) is 4.52. The first kappa shape index (κ1) is 17.9. The number of hydrogen-bond donors (Lipinski definition) is 2. The molecular weight excluding hydrogens is 294 g/mol. The number of nitrogens with one attached hydrogen (secondary N) is 2. The number of unbranched alkanes of at least 4 members (excludes halogenated alkanes) is 1. The van der Waals surface area contributed by atoms with Gasteiger partial charge in [-0.1, -0.05) is 12.8 Å². The normalized spacial score (nSPS) is 27.0. The first-order valence-electron chi connectivity index (χ1n) is 8.84. The number of ether oxygens (including phenoxy) is 1. The zero-order valence-electron chi connectivity index (χ0n) is 14.5. The smallest absolute Gasteiger partial charge is 0.191 e. The fraction of sp³-hybridized carbons (Fsp3) is 0.941. The molecule has 0 bridgehead atoms. The molecule has 2 aliphatic carbocycles. The Morgan fingerprint density at radius 3 is 2.73 bits per heavy atom. The van der Waals surface area contributed by atoms with Gasteiger partial charge in [0.2, 0.25) is 0 Å². The van der Waals surface area contributed by atoms with Gasteiger partial charge in [0.1, 0.15) is 0 Å². The van der Waals surface area contributed by atoms with E-state index in [0.29, 0.717) is 17.6 Å². The van der Waals surface area contributed by atoms with Gasteiger partial charge in [0.05, 0.1) is 6.10 Å². The highest BCUT2D eigenvalue weighted by Gasteiger charge is 2.56. The van der Waals surface area contributed by atoms with Crippen molar-refractivity contribution in [3.05, 3.63) is 0 Å². The van der Waals surface area contributed by atoms with E-state index in [-0.39, 0.29) is 0 Å². The lowest BCUT2D eigenvalue weighted by Crippen LogP contribution is -2.65. The predicted octanol–water partition coefficient (Wildman–Crippen LogP) is 3.03. The summed E-state index contributed by atoms with van der Waals surface area (Å²) in [5.41, 5.74) is 0.368. The Hall–Kier alpha value is -0.420. The Balaban J connectivity index is 1.78. The SMILES string of the molecule is CCOC1CC(NC(=NC)NCCCCSC)C12CCCC2. The molecule has 0 aromatic rings. The molecule has 2 unspecified atom stereocenters. The van der Waals surface area contributed by atoms with Gasteiger partial charge in [-0.3, -0.25) is 4.99 Å². The second kappa shape index (κ2) is 9.02. The molecule has 0 amide bonds. The van der Waals surface area contributed by atoms with Gasteiger partial charge < -0.3 is 15.4 Å². The van der Waals surface area contributed by atoms with Crippen molar-refractivity contribution >= 4 is 17.7 Å². The number of thioether (sulfide) groups is 1. The summed E-state index contributed by atoms with van der Waals surface area (Å²) in [5, 5.41) is 7.14. The number of rotatable bonds is 8. The molecule has 2 rings (SSSR count). The van der Waals surface area contributed by atoms with Crippen LogP contribution in [-0.2, 0) is 4.74 Å². The molecule has 0 radical (unpaired) electrons. The second-order valence-corrected chi connectivity index (χ2v) is 7.50. The predicted molar refractivity (Wildman–Crippen MR) is 96.8 cm³/mol. The molecular formula is C17H33N3OS. The summed E-state index contributed by atoms with van der Waals surface area (Å²) in [6.45, 7) is 3.95. The third-order valence-corrected chi connectivity index (χ3v) is 5.99. The van der Waals surface area contributed by atoms with E-state index in [9.17, 15) is 0 Å². The van der Waals surface area contributed by atoms with Crippen molar-refractivity contribution in [1.29, 1.82) is 0 Å². The Labute approximate surface area is 140 Å². The van der Waals surface area contributed by atoms with E-state index >= 15 is 0 Å². The summed E-state index contributed by atoms with van der Waals surface area (Å²) in [5.74, 6) is 2.21. The average molecular weight is 328 g/mol. The van der Waals surface area contributed by atoms with Crippen molar-refractivity contribution in [3.8, 4) is 0 Å². The van der Waals surface area contributed by atoms with Crippen LogP contribution in [0.3, 0.4) is 0 Å². The number of guanidine groups is 1. The first-order chi connectivity index (χ1) is 10.8. The van der Waals surface area contributed by atoms with E-state index in [1.165, 1.54) is 44.3 Å². The zero-order valence-corrected chi connectivity index (χ0v) is 15.3. The Bertz CT molecular complexity index is 356. The van der Waals surface area contributed by atoms with E-state index in [2.05, 4.69) is 28.8 Å². The summed E-state index contributed by atoms with van der Waals surface area (Å²) < 4.78 is 5.98. The van der Waals surface area contributed by atoms with Gasteiger partial charge >= 0.3 is 0 Å². The molecule has 2 aliphatic rings. The van der Waals surface area contributed by atoms with E-state index in [0.717, 1.165) is 25.5 Å². The molecule has 22 heavy (non-hydrogen) atoms. The Morgan fingerprint density at radius 1 is 1.32 bits per heavy atom. The van der Waals surface area contributed by atoms with Gasteiger partial charge in [-0.15, -0.1) is 0 Å². The summed E-state index contributed by atoms with van der Waals surface area (Å²) >= 11 is 1.92. The van der Waals surface area contributed by atoms with Gasteiger partial charge in [-0.05, 0) is 51.0 Å². The van der Waals surface area contributed by atoms with Crippen LogP contribution in [0.2, 0.25) is 0 Å². The van der Waals surface area contributed by atoms with Crippen LogP contribution in [0.5, 0.6) is 0 Å². The molecule has 2 saturated carbocycles. The topological polar surface area (TPSA) is 45.6 Å². The maximum atomic E-state index is 5.98. The average Bonchev–Trinajstić information content (AvgIpc) is 3.04. The minimum atomic E-state index is 0.368. The molecule has 0 aromatic carbocycles.